The Morgan fingerprint density at radius 2 is 2.33 bits per heavy atom. The molecule has 15 heavy (non-hydrogen) atoms. The maximum absolute atomic E-state index is 13.5. The first-order chi connectivity index (χ1) is 7.11. The second-order valence-electron chi connectivity index (χ2n) is 3.92. The molecule has 1 aliphatic rings. The zero-order chi connectivity index (χ0) is 11.0. The first-order valence-electron chi connectivity index (χ1n) is 4.99. The van der Waals surface area contributed by atoms with Crippen LogP contribution in [0, 0.1) is 12.7 Å². The average molecular weight is 230 g/mol. The van der Waals surface area contributed by atoms with Crippen molar-refractivity contribution < 1.29 is 9.50 Å². The van der Waals surface area contributed by atoms with Crippen LogP contribution >= 0.6 is 11.6 Å². The molecule has 0 aromatic heterocycles. The van der Waals surface area contributed by atoms with E-state index in [2.05, 4.69) is 5.32 Å². The molecule has 1 fully saturated rings. The van der Waals surface area contributed by atoms with Gasteiger partial charge in [-0.1, -0.05) is 11.6 Å². The maximum Gasteiger partial charge on any atom is 0.138 e. The van der Waals surface area contributed by atoms with Crippen molar-refractivity contribution in [3.8, 4) is 5.75 Å². The second kappa shape index (κ2) is 3.99. The third kappa shape index (κ3) is 1.82. The SMILES string of the molecule is Cc1c(F)cc(Cl)c(O)c1C1CCNC1. The topological polar surface area (TPSA) is 32.3 Å². The van der Waals surface area contributed by atoms with Crippen LogP contribution < -0.4 is 5.32 Å². The van der Waals surface area contributed by atoms with Crippen molar-refractivity contribution in [2.24, 2.45) is 0 Å². The van der Waals surface area contributed by atoms with Crippen LogP contribution in [-0.2, 0) is 0 Å². The minimum atomic E-state index is -0.347. The molecule has 0 saturated carbocycles. The van der Waals surface area contributed by atoms with Crippen LogP contribution in [-0.4, -0.2) is 18.2 Å². The van der Waals surface area contributed by atoms with Gasteiger partial charge in [0.25, 0.3) is 0 Å². The summed E-state index contributed by atoms with van der Waals surface area (Å²) >= 11 is 5.76. The fourth-order valence-electron chi connectivity index (χ4n) is 2.12. The Morgan fingerprint density at radius 3 is 2.93 bits per heavy atom. The second-order valence-corrected chi connectivity index (χ2v) is 4.32. The van der Waals surface area contributed by atoms with Crippen molar-refractivity contribution >= 4 is 11.6 Å². The highest BCUT2D eigenvalue weighted by molar-refractivity contribution is 6.32. The highest BCUT2D eigenvalue weighted by Gasteiger charge is 2.24. The third-order valence-corrected chi connectivity index (χ3v) is 3.25. The van der Waals surface area contributed by atoms with Gasteiger partial charge < -0.3 is 10.4 Å². The molecule has 0 aliphatic carbocycles. The Hall–Kier alpha value is -0.800. The largest absolute Gasteiger partial charge is 0.506 e. The van der Waals surface area contributed by atoms with Crippen LogP contribution in [0.4, 0.5) is 4.39 Å². The van der Waals surface area contributed by atoms with E-state index in [9.17, 15) is 9.50 Å². The molecule has 0 bridgehead atoms. The molecule has 1 aromatic carbocycles. The number of rotatable bonds is 1. The highest BCUT2D eigenvalue weighted by atomic mass is 35.5. The molecule has 2 rings (SSSR count). The van der Waals surface area contributed by atoms with Gasteiger partial charge in [-0.25, -0.2) is 4.39 Å². The number of aromatic hydroxyl groups is 1. The molecule has 2 nitrogen and oxygen atoms in total. The fraction of sp³-hybridized carbons (Fsp3) is 0.455. The number of hydrogen-bond acceptors (Lipinski definition) is 2. The number of hydrogen-bond donors (Lipinski definition) is 2. The summed E-state index contributed by atoms with van der Waals surface area (Å²) in [6, 6.07) is 1.16. The van der Waals surface area contributed by atoms with Crippen LogP contribution in [0.5, 0.6) is 5.75 Å². The maximum atomic E-state index is 13.5. The zero-order valence-corrected chi connectivity index (χ0v) is 9.24. The van der Waals surface area contributed by atoms with Gasteiger partial charge in [0, 0.05) is 18.0 Å². The first kappa shape index (κ1) is 10.7. The van der Waals surface area contributed by atoms with E-state index in [4.69, 9.17) is 11.6 Å². The van der Waals surface area contributed by atoms with Gasteiger partial charge in [0.2, 0.25) is 0 Å². The molecule has 1 saturated heterocycles. The standard InChI is InChI=1S/C11H13ClFNO/c1-6-9(13)4-8(12)11(15)10(6)7-2-3-14-5-7/h4,7,14-15H,2-3,5H2,1H3. The van der Waals surface area contributed by atoms with Crippen molar-refractivity contribution in [1.29, 1.82) is 0 Å². The van der Waals surface area contributed by atoms with E-state index < -0.39 is 0 Å². The van der Waals surface area contributed by atoms with Gasteiger partial charge >= 0.3 is 0 Å². The Balaban J connectivity index is 2.52. The summed E-state index contributed by atoms with van der Waals surface area (Å²) in [5.41, 5.74) is 1.16. The Kier molecular flexibility index (Phi) is 2.85. The molecule has 1 aliphatic heterocycles. The van der Waals surface area contributed by atoms with E-state index in [1.807, 2.05) is 0 Å². The van der Waals surface area contributed by atoms with Crippen molar-refractivity contribution in [2.45, 2.75) is 19.3 Å². The van der Waals surface area contributed by atoms with E-state index in [1.54, 1.807) is 6.92 Å². The molecule has 0 amide bonds. The fourth-order valence-corrected chi connectivity index (χ4v) is 2.32. The Morgan fingerprint density at radius 1 is 1.60 bits per heavy atom. The van der Waals surface area contributed by atoms with Crippen molar-refractivity contribution in [3.05, 3.63) is 28.0 Å². The molecule has 2 N–H and O–H groups in total. The number of nitrogens with one attached hydrogen (secondary N) is 1. The summed E-state index contributed by atoms with van der Waals surface area (Å²) in [4.78, 5) is 0. The minimum Gasteiger partial charge on any atom is -0.506 e. The van der Waals surface area contributed by atoms with Crippen LogP contribution in [0.3, 0.4) is 0 Å². The minimum absolute atomic E-state index is 0.0317. The molecule has 1 unspecified atom stereocenters. The van der Waals surface area contributed by atoms with E-state index in [0.29, 0.717) is 11.1 Å². The Labute approximate surface area is 93.1 Å². The number of halogens is 2. The van der Waals surface area contributed by atoms with Gasteiger partial charge in [-0.3, -0.25) is 0 Å². The summed E-state index contributed by atoms with van der Waals surface area (Å²) < 4.78 is 13.5. The predicted octanol–water partition coefficient (Wildman–Crippen LogP) is 2.57. The lowest BCUT2D eigenvalue weighted by Gasteiger charge is -2.16. The van der Waals surface area contributed by atoms with Crippen LogP contribution in [0.15, 0.2) is 6.07 Å². The molecule has 0 radical (unpaired) electrons. The first-order valence-corrected chi connectivity index (χ1v) is 5.37. The van der Waals surface area contributed by atoms with Crippen molar-refractivity contribution in [2.75, 3.05) is 13.1 Å². The van der Waals surface area contributed by atoms with Gasteiger partial charge in [-0.2, -0.15) is 0 Å². The smallest absolute Gasteiger partial charge is 0.138 e. The molecule has 1 heterocycles. The van der Waals surface area contributed by atoms with Gasteiger partial charge in [-0.05, 0) is 31.5 Å². The van der Waals surface area contributed by atoms with Crippen LogP contribution in [0.1, 0.15) is 23.5 Å². The lowest BCUT2D eigenvalue weighted by atomic mass is 9.93. The highest BCUT2D eigenvalue weighted by Crippen LogP contribution is 2.38. The normalized spacial score (nSPS) is 20.9. The van der Waals surface area contributed by atoms with Gasteiger partial charge in [0.1, 0.15) is 11.6 Å². The predicted molar refractivity (Wildman–Crippen MR) is 58.0 cm³/mol. The molecule has 1 aromatic rings. The summed E-state index contributed by atoms with van der Waals surface area (Å²) in [7, 11) is 0. The molecule has 82 valence electrons. The van der Waals surface area contributed by atoms with E-state index in [1.165, 1.54) is 0 Å². The van der Waals surface area contributed by atoms with Gasteiger partial charge in [0.15, 0.2) is 0 Å². The number of phenolic OH excluding ortho intramolecular Hbond substituents is 1. The third-order valence-electron chi connectivity index (χ3n) is 2.97. The van der Waals surface area contributed by atoms with E-state index in [0.717, 1.165) is 25.6 Å². The van der Waals surface area contributed by atoms with Crippen molar-refractivity contribution in [3.63, 3.8) is 0 Å². The van der Waals surface area contributed by atoms with E-state index >= 15 is 0 Å². The lowest BCUT2D eigenvalue weighted by Crippen LogP contribution is -2.09. The molecule has 0 spiro atoms. The monoisotopic (exact) mass is 229 g/mol. The molecular weight excluding hydrogens is 217 g/mol. The summed E-state index contributed by atoms with van der Waals surface area (Å²) in [5, 5.41) is 13.1. The summed E-state index contributed by atoms with van der Waals surface area (Å²) in [6.07, 6.45) is 0.911. The summed E-state index contributed by atoms with van der Waals surface area (Å²) in [6.45, 7) is 3.35. The molecule has 4 heteroatoms. The van der Waals surface area contributed by atoms with Crippen LogP contribution in [0.2, 0.25) is 5.02 Å². The Bertz CT molecular complexity index is 362. The van der Waals surface area contributed by atoms with Gasteiger partial charge in [0.05, 0.1) is 5.02 Å². The van der Waals surface area contributed by atoms with Gasteiger partial charge in [-0.15, -0.1) is 0 Å². The quantitative estimate of drug-likeness (QED) is 0.776. The number of benzene rings is 1. The summed E-state index contributed by atoms with van der Waals surface area (Å²) in [5.74, 6) is -0.151. The number of phenols is 1. The molecular formula is C11H13ClFNO. The molecule has 1 atom stereocenters. The van der Waals surface area contributed by atoms with E-state index in [-0.39, 0.29) is 22.5 Å². The van der Waals surface area contributed by atoms with Crippen molar-refractivity contribution in [1.82, 2.24) is 5.32 Å². The lowest BCUT2D eigenvalue weighted by molar-refractivity contribution is 0.458. The van der Waals surface area contributed by atoms with Crippen LogP contribution in [0.25, 0.3) is 0 Å². The zero-order valence-electron chi connectivity index (χ0n) is 8.48. The average Bonchev–Trinajstić information content (AvgIpc) is 2.69.